The summed E-state index contributed by atoms with van der Waals surface area (Å²) in [5.74, 6) is 0. The first-order valence-corrected chi connectivity index (χ1v) is 9.53. The number of hydrogen-bond acceptors (Lipinski definition) is 1. The summed E-state index contributed by atoms with van der Waals surface area (Å²) in [6, 6.07) is 19.1. The lowest BCUT2D eigenvalue weighted by Crippen LogP contribution is -1.94. The van der Waals surface area contributed by atoms with E-state index in [1.54, 1.807) is 0 Å². The van der Waals surface area contributed by atoms with Gasteiger partial charge in [-0.3, -0.25) is 4.57 Å². The van der Waals surface area contributed by atoms with Gasteiger partial charge in [0.25, 0.3) is 0 Å². The maximum absolute atomic E-state index is 11.1. The Kier molecular flexibility index (Phi) is 3.38. The zero-order chi connectivity index (χ0) is 16.0. The van der Waals surface area contributed by atoms with Gasteiger partial charge in [-0.2, -0.15) is 0 Å². The van der Waals surface area contributed by atoms with Crippen molar-refractivity contribution in [3.05, 3.63) is 60.2 Å². The number of aryl methyl sites for hydroxylation is 1. The Morgan fingerprint density at radius 3 is 2.09 bits per heavy atom. The molecule has 4 aromatic carbocycles. The maximum atomic E-state index is 11.1. The number of benzene rings is 4. The molecule has 0 aliphatic heterocycles. The van der Waals surface area contributed by atoms with Gasteiger partial charge < -0.3 is 9.79 Å². The van der Waals surface area contributed by atoms with Gasteiger partial charge in [0.15, 0.2) is 0 Å². The van der Waals surface area contributed by atoms with Gasteiger partial charge in [-0.25, -0.2) is 0 Å². The average Bonchev–Trinajstić information content (AvgIpc) is 2.52. The Bertz CT molecular complexity index is 1030. The molecule has 2 N–H and O–H groups in total. The highest BCUT2D eigenvalue weighted by Crippen LogP contribution is 2.38. The Labute approximate surface area is 134 Å². The van der Waals surface area contributed by atoms with Crippen LogP contribution in [0.25, 0.3) is 32.3 Å². The summed E-state index contributed by atoms with van der Waals surface area (Å²) in [4.78, 5) is 18.1. The fourth-order valence-corrected chi connectivity index (χ4v) is 4.06. The van der Waals surface area contributed by atoms with Gasteiger partial charge >= 0.3 is 7.60 Å². The fourth-order valence-electron chi connectivity index (χ4n) is 3.49. The molecule has 0 aliphatic carbocycles. The van der Waals surface area contributed by atoms with Gasteiger partial charge in [-0.15, -0.1) is 0 Å². The molecule has 116 valence electrons. The van der Waals surface area contributed by atoms with E-state index in [2.05, 4.69) is 54.6 Å². The molecule has 0 radical (unpaired) electrons. The van der Waals surface area contributed by atoms with Crippen LogP contribution in [0.4, 0.5) is 0 Å². The minimum absolute atomic E-state index is 0.0605. The van der Waals surface area contributed by atoms with E-state index in [9.17, 15) is 4.57 Å². The van der Waals surface area contributed by atoms with Crippen LogP contribution < -0.4 is 0 Å². The SMILES string of the molecule is O=P(O)(O)CCCc1ccc2ccc3cccc4ccc1c2c34. The minimum atomic E-state index is -3.92. The van der Waals surface area contributed by atoms with Gasteiger partial charge in [0, 0.05) is 0 Å². The topological polar surface area (TPSA) is 57.5 Å². The molecule has 0 atom stereocenters. The van der Waals surface area contributed by atoms with Crippen molar-refractivity contribution in [3.8, 4) is 0 Å². The van der Waals surface area contributed by atoms with Gasteiger partial charge in [-0.1, -0.05) is 54.6 Å². The second kappa shape index (κ2) is 5.31. The van der Waals surface area contributed by atoms with E-state index in [0.29, 0.717) is 12.8 Å². The Hall–Kier alpha value is -1.93. The van der Waals surface area contributed by atoms with Crippen LogP contribution in [0.1, 0.15) is 12.0 Å². The molecule has 4 heteroatoms. The molecule has 0 fully saturated rings. The second-order valence-electron chi connectivity index (χ2n) is 6.07. The molecule has 0 unspecified atom stereocenters. The van der Waals surface area contributed by atoms with E-state index in [0.717, 1.165) is 5.56 Å². The van der Waals surface area contributed by atoms with Crippen LogP contribution in [0.2, 0.25) is 0 Å². The molecule has 0 heterocycles. The summed E-state index contributed by atoms with van der Waals surface area (Å²) in [6.45, 7) is 0. The van der Waals surface area contributed by atoms with Crippen molar-refractivity contribution in [1.82, 2.24) is 0 Å². The third-order valence-electron chi connectivity index (χ3n) is 4.51. The summed E-state index contributed by atoms with van der Waals surface area (Å²) in [5, 5.41) is 7.40. The van der Waals surface area contributed by atoms with E-state index in [-0.39, 0.29) is 6.16 Å². The lowest BCUT2D eigenvalue weighted by atomic mass is 9.91. The van der Waals surface area contributed by atoms with Gasteiger partial charge in [0.2, 0.25) is 0 Å². The lowest BCUT2D eigenvalue weighted by molar-refractivity contribution is 0.371. The van der Waals surface area contributed by atoms with Gasteiger partial charge in [-0.05, 0) is 50.7 Å². The van der Waals surface area contributed by atoms with Crippen LogP contribution >= 0.6 is 7.60 Å². The molecule has 0 saturated carbocycles. The molecule has 0 aliphatic rings. The summed E-state index contributed by atoms with van der Waals surface area (Å²) in [7, 11) is -3.92. The van der Waals surface area contributed by atoms with E-state index in [4.69, 9.17) is 9.79 Å². The largest absolute Gasteiger partial charge is 0.325 e. The first kappa shape index (κ1) is 14.6. The van der Waals surface area contributed by atoms with E-state index in [1.807, 2.05) is 0 Å². The first-order chi connectivity index (χ1) is 11.0. The molecule has 0 saturated heterocycles. The molecule has 0 aromatic heterocycles. The summed E-state index contributed by atoms with van der Waals surface area (Å²) in [5.41, 5.74) is 1.16. The molecule has 0 bridgehead atoms. The van der Waals surface area contributed by atoms with Crippen LogP contribution in [0, 0.1) is 0 Å². The fraction of sp³-hybridized carbons (Fsp3) is 0.158. The quantitative estimate of drug-likeness (QED) is 0.423. The second-order valence-corrected chi connectivity index (χ2v) is 7.85. The Morgan fingerprint density at radius 1 is 0.783 bits per heavy atom. The molecule has 3 nitrogen and oxygen atoms in total. The van der Waals surface area contributed by atoms with Crippen LogP contribution in [0.3, 0.4) is 0 Å². The standard InChI is InChI=1S/C19H17O3P/c20-23(21,22)12-2-5-13-6-7-16-9-8-14-3-1-4-15-10-11-17(13)19(16)18(14)15/h1,3-4,6-11H,2,5,12H2,(H2,20,21,22). The highest BCUT2D eigenvalue weighted by Gasteiger charge is 2.14. The van der Waals surface area contributed by atoms with Crippen molar-refractivity contribution in [3.63, 3.8) is 0 Å². The van der Waals surface area contributed by atoms with E-state index in [1.165, 1.54) is 32.3 Å². The van der Waals surface area contributed by atoms with Crippen molar-refractivity contribution in [2.45, 2.75) is 12.8 Å². The zero-order valence-corrected chi connectivity index (χ0v) is 13.5. The summed E-state index contributed by atoms with van der Waals surface area (Å²) >= 11 is 0. The van der Waals surface area contributed by atoms with Crippen molar-refractivity contribution in [1.29, 1.82) is 0 Å². The minimum Gasteiger partial charge on any atom is -0.324 e. The number of rotatable bonds is 4. The molecular weight excluding hydrogens is 307 g/mol. The first-order valence-electron chi connectivity index (χ1n) is 7.73. The predicted molar refractivity (Wildman–Crippen MR) is 95.4 cm³/mol. The van der Waals surface area contributed by atoms with E-state index < -0.39 is 7.60 Å². The van der Waals surface area contributed by atoms with Crippen LogP contribution in [-0.4, -0.2) is 15.9 Å². The van der Waals surface area contributed by atoms with Gasteiger partial charge in [0.1, 0.15) is 0 Å². The monoisotopic (exact) mass is 324 g/mol. The van der Waals surface area contributed by atoms with Crippen molar-refractivity contribution < 1.29 is 14.4 Å². The molecule has 4 aromatic rings. The average molecular weight is 324 g/mol. The molecule has 0 spiro atoms. The maximum Gasteiger partial charge on any atom is 0.325 e. The summed E-state index contributed by atoms with van der Waals surface area (Å²) in [6.07, 6.45) is 1.11. The highest BCUT2D eigenvalue weighted by atomic mass is 31.2. The van der Waals surface area contributed by atoms with Crippen molar-refractivity contribution in [2.24, 2.45) is 0 Å². The van der Waals surface area contributed by atoms with Crippen molar-refractivity contribution >= 4 is 39.9 Å². The highest BCUT2D eigenvalue weighted by molar-refractivity contribution is 7.51. The third kappa shape index (κ3) is 2.61. The number of hydrogen-bond donors (Lipinski definition) is 2. The molecular formula is C19H17O3P. The Balaban J connectivity index is 1.88. The van der Waals surface area contributed by atoms with Crippen LogP contribution in [-0.2, 0) is 11.0 Å². The summed E-state index contributed by atoms with van der Waals surface area (Å²) < 4.78 is 11.1. The lowest BCUT2D eigenvalue weighted by Gasteiger charge is -2.14. The molecule has 4 rings (SSSR count). The molecule has 0 amide bonds. The van der Waals surface area contributed by atoms with Crippen LogP contribution in [0.15, 0.2) is 54.6 Å². The Morgan fingerprint density at radius 2 is 1.39 bits per heavy atom. The van der Waals surface area contributed by atoms with Crippen molar-refractivity contribution in [2.75, 3.05) is 6.16 Å². The smallest absolute Gasteiger partial charge is 0.324 e. The van der Waals surface area contributed by atoms with E-state index >= 15 is 0 Å². The normalized spacial score (nSPS) is 12.6. The molecule has 23 heavy (non-hydrogen) atoms. The predicted octanol–water partition coefficient (Wildman–Crippen LogP) is 4.69. The zero-order valence-electron chi connectivity index (χ0n) is 12.6. The van der Waals surface area contributed by atoms with Crippen LogP contribution in [0.5, 0.6) is 0 Å². The third-order valence-corrected chi connectivity index (χ3v) is 5.41. The van der Waals surface area contributed by atoms with Gasteiger partial charge in [0.05, 0.1) is 6.16 Å².